The molecule has 0 bridgehead atoms. The quantitative estimate of drug-likeness (QED) is 0.508. The standard InChI is InChI=1S/C7H15NO3/c1-5(2)4-7(11,8-3)6(9)10/h5,8,11H,4H2,1-3H3,(H,9,10)/t7-/m1/s1. The zero-order valence-corrected chi connectivity index (χ0v) is 7.09. The van der Waals surface area contributed by atoms with Crippen molar-refractivity contribution in [2.45, 2.75) is 26.0 Å². The minimum absolute atomic E-state index is 0.142. The molecular weight excluding hydrogens is 146 g/mol. The minimum Gasteiger partial charge on any atom is -0.478 e. The summed E-state index contributed by atoms with van der Waals surface area (Å²) in [6, 6.07) is 0. The van der Waals surface area contributed by atoms with Gasteiger partial charge in [0.2, 0.25) is 5.72 Å². The molecule has 0 aliphatic rings. The van der Waals surface area contributed by atoms with E-state index in [9.17, 15) is 9.90 Å². The summed E-state index contributed by atoms with van der Waals surface area (Å²) in [5, 5.41) is 20.3. The number of carboxylic acids is 1. The SMILES string of the molecule is CN[C@@](O)(CC(C)C)C(=O)O. The molecule has 0 unspecified atom stereocenters. The van der Waals surface area contributed by atoms with Crippen LogP contribution in [-0.2, 0) is 4.79 Å². The van der Waals surface area contributed by atoms with E-state index in [-0.39, 0.29) is 12.3 Å². The largest absolute Gasteiger partial charge is 0.478 e. The third-order valence-electron chi connectivity index (χ3n) is 1.47. The van der Waals surface area contributed by atoms with Crippen molar-refractivity contribution >= 4 is 5.97 Å². The van der Waals surface area contributed by atoms with Gasteiger partial charge in [-0.2, -0.15) is 0 Å². The average molecular weight is 161 g/mol. The lowest BCUT2D eigenvalue weighted by molar-refractivity contribution is -0.163. The summed E-state index contributed by atoms with van der Waals surface area (Å²) < 4.78 is 0. The summed E-state index contributed by atoms with van der Waals surface area (Å²) in [5.41, 5.74) is -1.77. The molecule has 4 nitrogen and oxygen atoms in total. The van der Waals surface area contributed by atoms with Crippen molar-refractivity contribution in [2.24, 2.45) is 5.92 Å². The Labute approximate surface area is 66.2 Å². The molecule has 66 valence electrons. The second-order valence-electron chi connectivity index (χ2n) is 3.01. The van der Waals surface area contributed by atoms with Crippen LogP contribution in [-0.4, -0.2) is 29.0 Å². The number of carboxylic acid groups (broad SMARTS) is 1. The van der Waals surface area contributed by atoms with Gasteiger partial charge in [0.15, 0.2) is 0 Å². The van der Waals surface area contributed by atoms with Crippen LogP contribution in [0.2, 0.25) is 0 Å². The number of carbonyl (C=O) groups is 1. The van der Waals surface area contributed by atoms with Gasteiger partial charge in [0.05, 0.1) is 0 Å². The molecular formula is C7H15NO3. The van der Waals surface area contributed by atoms with Gasteiger partial charge >= 0.3 is 5.97 Å². The number of nitrogens with one attached hydrogen (secondary N) is 1. The molecule has 0 aliphatic heterocycles. The van der Waals surface area contributed by atoms with Crippen LogP contribution in [0.4, 0.5) is 0 Å². The van der Waals surface area contributed by atoms with E-state index in [1.165, 1.54) is 7.05 Å². The third-order valence-corrected chi connectivity index (χ3v) is 1.47. The topological polar surface area (TPSA) is 69.6 Å². The van der Waals surface area contributed by atoms with Gasteiger partial charge in [-0.25, -0.2) is 4.79 Å². The smallest absolute Gasteiger partial charge is 0.351 e. The summed E-state index contributed by atoms with van der Waals surface area (Å²) in [7, 11) is 1.43. The van der Waals surface area contributed by atoms with E-state index in [1.54, 1.807) is 0 Å². The fourth-order valence-electron chi connectivity index (χ4n) is 0.887. The number of rotatable bonds is 4. The van der Waals surface area contributed by atoms with Crippen LogP contribution < -0.4 is 5.32 Å². The van der Waals surface area contributed by atoms with E-state index >= 15 is 0 Å². The molecule has 1 atom stereocenters. The first-order chi connectivity index (χ1) is 4.92. The van der Waals surface area contributed by atoms with Gasteiger partial charge in [-0.05, 0) is 13.0 Å². The van der Waals surface area contributed by atoms with Crippen LogP contribution in [0.5, 0.6) is 0 Å². The lowest BCUT2D eigenvalue weighted by Crippen LogP contribution is -2.51. The molecule has 3 N–H and O–H groups in total. The molecule has 0 aromatic rings. The van der Waals surface area contributed by atoms with Crippen molar-refractivity contribution in [1.29, 1.82) is 0 Å². The maximum Gasteiger partial charge on any atom is 0.351 e. The maximum atomic E-state index is 10.5. The predicted molar refractivity (Wildman–Crippen MR) is 41.1 cm³/mol. The van der Waals surface area contributed by atoms with E-state index in [0.29, 0.717) is 0 Å². The van der Waals surface area contributed by atoms with Crippen LogP contribution in [0.15, 0.2) is 0 Å². The number of aliphatic hydroxyl groups is 1. The molecule has 0 radical (unpaired) electrons. The van der Waals surface area contributed by atoms with Crippen LogP contribution in [0.3, 0.4) is 0 Å². The third kappa shape index (κ3) is 2.86. The van der Waals surface area contributed by atoms with E-state index in [1.807, 2.05) is 13.8 Å². The molecule has 0 heterocycles. The zero-order chi connectivity index (χ0) is 9.07. The molecule has 0 saturated carbocycles. The Kier molecular flexibility index (Phi) is 3.48. The fourth-order valence-corrected chi connectivity index (χ4v) is 0.887. The molecule has 0 rings (SSSR count). The van der Waals surface area contributed by atoms with Crippen LogP contribution >= 0.6 is 0 Å². The number of likely N-dealkylation sites (N-methyl/N-ethyl adjacent to an activating group) is 1. The van der Waals surface area contributed by atoms with Gasteiger partial charge in [-0.1, -0.05) is 13.8 Å². The Morgan fingerprint density at radius 3 is 2.18 bits per heavy atom. The highest BCUT2D eigenvalue weighted by atomic mass is 16.4. The van der Waals surface area contributed by atoms with E-state index in [4.69, 9.17) is 5.11 Å². The summed E-state index contributed by atoms with van der Waals surface area (Å²) in [6.45, 7) is 3.70. The first-order valence-corrected chi connectivity index (χ1v) is 3.57. The highest BCUT2D eigenvalue weighted by Gasteiger charge is 2.34. The molecule has 4 heteroatoms. The maximum absolute atomic E-state index is 10.5. The van der Waals surface area contributed by atoms with Gasteiger partial charge in [0.1, 0.15) is 0 Å². The Balaban J connectivity index is 4.22. The molecule has 11 heavy (non-hydrogen) atoms. The van der Waals surface area contributed by atoms with Crippen LogP contribution in [0.1, 0.15) is 20.3 Å². The zero-order valence-electron chi connectivity index (χ0n) is 7.09. The molecule has 0 aromatic carbocycles. The summed E-state index contributed by atoms with van der Waals surface area (Å²) >= 11 is 0. The Morgan fingerprint density at radius 1 is 1.64 bits per heavy atom. The first kappa shape index (κ1) is 10.4. The second-order valence-corrected chi connectivity index (χ2v) is 3.01. The summed E-state index contributed by atoms with van der Waals surface area (Å²) in [5.74, 6) is -1.09. The monoisotopic (exact) mass is 161 g/mol. The molecule has 0 fully saturated rings. The van der Waals surface area contributed by atoms with Crippen molar-refractivity contribution < 1.29 is 15.0 Å². The van der Waals surface area contributed by atoms with Crippen LogP contribution in [0, 0.1) is 5.92 Å². The highest BCUT2D eigenvalue weighted by Crippen LogP contribution is 2.13. The van der Waals surface area contributed by atoms with Crippen molar-refractivity contribution in [2.75, 3.05) is 7.05 Å². The predicted octanol–water partition coefficient (Wildman–Crippen LogP) is 0.0251. The molecule has 0 saturated heterocycles. The minimum atomic E-state index is -1.77. The lowest BCUT2D eigenvalue weighted by Gasteiger charge is -2.24. The molecule has 0 aliphatic carbocycles. The van der Waals surface area contributed by atoms with E-state index < -0.39 is 11.7 Å². The normalized spacial score (nSPS) is 16.5. The number of hydrogen-bond donors (Lipinski definition) is 3. The summed E-state index contributed by atoms with van der Waals surface area (Å²) in [4.78, 5) is 10.5. The van der Waals surface area contributed by atoms with Crippen molar-refractivity contribution in [3.8, 4) is 0 Å². The van der Waals surface area contributed by atoms with Gasteiger partial charge in [-0.15, -0.1) is 0 Å². The Bertz CT molecular complexity index is 147. The fraction of sp³-hybridized carbons (Fsp3) is 0.857. The molecule has 0 amide bonds. The average Bonchev–Trinajstić information content (AvgIpc) is 1.86. The highest BCUT2D eigenvalue weighted by molar-refractivity contribution is 5.76. The van der Waals surface area contributed by atoms with Crippen LogP contribution in [0.25, 0.3) is 0 Å². The van der Waals surface area contributed by atoms with Crippen molar-refractivity contribution in [3.05, 3.63) is 0 Å². The molecule has 0 aromatic heterocycles. The van der Waals surface area contributed by atoms with E-state index in [0.717, 1.165) is 0 Å². The second kappa shape index (κ2) is 3.69. The summed E-state index contributed by atoms with van der Waals surface area (Å²) in [6.07, 6.45) is 0.207. The number of hydrogen-bond acceptors (Lipinski definition) is 3. The Morgan fingerprint density at radius 2 is 2.09 bits per heavy atom. The van der Waals surface area contributed by atoms with E-state index in [2.05, 4.69) is 5.32 Å². The van der Waals surface area contributed by atoms with Gasteiger partial charge < -0.3 is 10.2 Å². The lowest BCUT2D eigenvalue weighted by atomic mass is 10.0. The van der Waals surface area contributed by atoms with Crippen molar-refractivity contribution in [1.82, 2.24) is 5.32 Å². The van der Waals surface area contributed by atoms with Gasteiger partial charge in [0, 0.05) is 6.42 Å². The van der Waals surface area contributed by atoms with Gasteiger partial charge in [-0.3, -0.25) is 5.32 Å². The first-order valence-electron chi connectivity index (χ1n) is 3.57. The Hall–Kier alpha value is -0.610. The molecule has 0 spiro atoms. The van der Waals surface area contributed by atoms with Gasteiger partial charge in [0.25, 0.3) is 0 Å². The number of aliphatic carboxylic acids is 1. The van der Waals surface area contributed by atoms with Crippen molar-refractivity contribution in [3.63, 3.8) is 0 Å².